The monoisotopic (exact) mass is 498 g/mol. The van der Waals surface area contributed by atoms with Gasteiger partial charge in [0.15, 0.2) is 5.17 Å². The summed E-state index contributed by atoms with van der Waals surface area (Å²) >= 11 is 13.4. The maximum Gasteiger partial charge on any atom is 0.335 e. The van der Waals surface area contributed by atoms with Gasteiger partial charge in [-0.05, 0) is 65.4 Å². The van der Waals surface area contributed by atoms with E-state index in [1.165, 1.54) is 11.8 Å². The summed E-state index contributed by atoms with van der Waals surface area (Å²) in [5.74, 6) is -0.559. The van der Waals surface area contributed by atoms with E-state index < -0.39 is 5.97 Å². The summed E-state index contributed by atoms with van der Waals surface area (Å²) in [6, 6.07) is 18.9. The quantitative estimate of drug-likeness (QED) is 0.397. The van der Waals surface area contributed by atoms with Crippen molar-refractivity contribution in [3.63, 3.8) is 0 Å². The summed E-state index contributed by atoms with van der Waals surface area (Å²) in [6.45, 7) is 0.310. The topological polar surface area (TPSA) is 88.0 Å². The molecule has 0 atom stereocenters. The number of hydrogen-bond donors (Lipinski definition) is 2. The number of thioether (sulfide) groups is 1. The number of halogens is 2. The average Bonchev–Trinajstić information content (AvgIpc) is 3.15. The predicted molar refractivity (Wildman–Crippen MR) is 131 cm³/mol. The highest BCUT2D eigenvalue weighted by Gasteiger charge is 2.24. The first-order valence-corrected chi connectivity index (χ1v) is 11.2. The summed E-state index contributed by atoms with van der Waals surface area (Å²) in [4.78, 5) is 28.1. The number of carboxylic acid groups (broad SMARTS) is 1. The number of aromatic carboxylic acids is 1. The molecule has 0 spiro atoms. The van der Waals surface area contributed by atoms with Gasteiger partial charge in [-0.1, -0.05) is 53.5 Å². The van der Waals surface area contributed by atoms with Crippen molar-refractivity contribution >= 4 is 63.8 Å². The molecule has 0 aliphatic carbocycles. The Kier molecular flexibility index (Phi) is 7.03. The molecule has 1 aliphatic rings. The molecule has 4 rings (SSSR count). The van der Waals surface area contributed by atoms with Crippen LogP contribution in [0.4, 0.5) is 5.69 Å². The Labute approximate surface area is 203 Å². The van der Waals surface area contributed by atoms with Gasteiger partial charge in [0.2, 0.25) is 0 Å². The van der Waals surface area contributed by atoms with Crippen LogP contribution in [0.25, 0.3) is 6.08 Å². The van der Waals surface area contributed by atoms with Crippen LogP contribution in [0.15, 0.2) is 76.6 Å². The third kappa shape index (κ3) is 5.76. The number of ether oxygens (including phenoxy) is 1. The van der Waals surface area contributed by atoms with Crippen LogP contribution in [0, 0.1) is 0 Å². The molecule has 33 heavy (non-hydrogen) atoms. The Bertz CT molecular complexity index is 1270. The predicted octanol–water partition coefficient (Wildman–Crippen LogP) is 6.16. The van der Waals surface area contributed by atoms with Crippen LogP contribution in [-0.2, 0) is 11.4 Å². The lowest BCUT2D eigenvalue weighted by molar-refractivity contribution is -0.115. The third-order valence-electron chi connectivity index (χ3n) is 4.59. The number of carbonyl (C=O) groups is 2. The number of amidine groups is 1. The zero-order chi connectivity index (χ0) is 23.4. The summed E-state index contributed by atoms with van der Waals surface area (Å²) in [7, 11) is 0. The molecule has 166 valence electrons. The molecule has 0 aromatic heterocycles. The number of nitrogens with zero attached hydrogens (tertiary/aromatic N) is 1. The SMILES string of the molecule is O=C1NC(=Nc2cccc(Cl)c2Cl)S/C1=C\c1ccc(OCc2ccc(C(=O)O)cc2)cc1. The Balaban J connectivity index is 1.40. The molecule has 1 heterocycles. The summed E-state index contributed by atoms with van der Waals surface area (Å²) in [6.07, 6.45) is 1.76. The van der Waals surface area contributed by atoms with Gasteiger partial charge in [-0.2, -0.15) is 0 Å². The molecular formula is C24H16Cl2N2O4S. The van der Waals surface area contributed by atoms with Crippen molar-refractivity contribution in [2.45, 2.75) is 6.61 Å². The molecule has 3 aromatic carbocycles. The molecule has 6 nitrogen and oxygen atoms in total. The molecular weight excluding hydrogens is 483 g/mol. The van der Waals surface area contributed by atoms with Gasteiger partial charge < -0.3 is 15.2 Å². The normalized spacial score (nSPS) is 15.6. The zero-order valence-corrected chi connectivity index (χ0v) is 19.2. The number of nitrogens with one attached hydrogen (secondary N) is 1. The third-order valence-corrected chi connectivity index (χ3v) is 6.31. The number of hydrogen-bond acceptors (Lipinski definition) is 5. The highest BCUT2D eigenvalue weighted by Crippen LogP contribution is 2.34. The van der Waals surface area contributed by atoms with E-state index >= 15 is 0 Å². The van der Waals surface area contributed by atoms with Crippen LogP contribution in [0.5, 0.6) is 5.75 Å². The van der Waals surface area contributed by atoms with Crippen molar-refractivity contribution < 1.29 is 19.4 Å². The van der Waals surface area contributed by atoms with Crippen LogP contribution in [0.2, 0.25) is 10.0 Å². The molecule has 0 unspecified atom stereocenters. The molecule has 0 saturated carbocycles. The van der Waals surface area contributed by atoms with Crippen LogP contribution in [-0.4, -0.2) is 22.2 Å². The van der Waals surface area contributed by atoms with Gasteiger partial charge in [0.25, 0.3) is 5.91 Å². The molecule has 1 aliphatic heterocycles. The number of rotatable bonds is 6. The summed E-state index contributed by atoms with van der Waals surface area (Å²) in [5, 5.41) is 12.8. The Hall–Kier alpha value is -3.26. The number of aliphatic imine (C=N–C) groups is 1. The second-order valence-corrected chi connectivity index (χ2v) is 8.73. The summed E-state index contributed by atoms with van der Waals surface area (Å²) < 4.78 is 5.75. The van der Waals surface area contributed by atoms with E-state index in [2.05, 4.69) is 10.3 Å². The number of carbonyl (C=O) groups excluding carboxylic acids is 1. The van der Waals surface area contributed by atoms with E-state index in [1.54, 1.807) is 60.7 Å². The van der Waals surface area contributed by atoms with Gasteiger partial charge >= 0.3 is 5.97 Å². The summed E-state index contributed by atoms with van der Waals surface area (Å²) in [5.41, 5.74) is 2.39. The largest absolute Gasteiger partial charge is 0.489 e. The fraction of sp³-hybridized carbons (Fsp3) is 0.0417. The Morgan fingerprint density at radius 2 is 1.79 bits per heavy atom. The maximum absolute atomic E-state index is 12.3. The number of carboxylic acids is 1. The number of benzene rings is 3. The highest BCUT2D eigenvalue weighted by atomic mass is 35.5. The molecule has 2 N–H and O–H groups in total. The fourth-order valence-corrected chi connectivity index (χ4v) is 4.06. The van der Waals surface area contributed by atoms with Crippen molar-refractivity contribution in [3.8, 4) is 5.75 Å². The first-order valence-electron chi connectivity index (χ1n) is 9.68. The van der Waals surface area contributed by atoms with E-state index in [-0.39, 0.29) is 11.5 Å². The molecule has 0 radical (unpaired) electrons. The van der Waals surface area contributed by atoms with Crippen molar-refractivity contribution in [1.29, 1.82) is 0 Å². The fourth-order valence-electron chi connectivity index (χ4n) is 2.89. The van der Waals surface area contributed by atoms with Crippen molar-refractivity contribution in [1.82, 2.24) is 5.32 Å². The van der Waals surface area contributed by atoms with E-state index in [0.717, 1.165) is 11.1 Å². The Morgan fingerprint density at radius 1 is 1.06 bits per heavy atom. The molecule has 3 aromatic rings. The van der Waals surface area contributed by atoms with Crippen LogP contribution < -0.4 is 10.1 Å². The average molecular weight is 499 g/mol. The minimum atomic E-state index is -0.965. The standard InChI is InChI=1S/C24H16Cl2N2O4S/c25-18-2-1-3-19(21(18)26)27-24-28-22(29)20(33-24)12-14-6-10-17(11-7-14)32-13-15-4-8-16(9-5-15)23(30)31/h1-12H,13H2,(H,30,31)(H,27,28,29)/b20-12-. The van der Waals surface area contributed by atoms with E-state index in [4.69, 9.17) is 33.0 Å². The van der Waals surface area contributed by atoms with Gasteiger partial charge in [-0.3, -0.25) is 4.79 Å². The van der Waals surface area contributed by atoms with E-state index in [0.29, 0.717) is 38.2 Å². The first-order chi connectivity index (χ1) is 15.9. The van der Waals surface area contributed by atoms with E-state index in [9.17, 15) is 9.59 Å². The van der Waals surface area contributed by atoms with Crippen LogP contribution in [0.1, 0.15) is 21.5 Å². The number of amides is 1. The van der Waals surface area contributed by atoms with Gasteiger partial charge in [-0.25, -0.2) is 9.79 Å². The van der Waals surface area contributed by atoms with Crippen molar-refractivity contribution in [3.05, 3.63) is 98.4 Å². The lowest BCUT2D eigenvalue weighted by atomic mass is 10.1. The van der Waals surface area contributed by atoms with Crippen LogP contribution >= 0.6 is 35.0 Å². The smallest absolute Gasteiger partial charge is 0.335 e. The second kappa shape index (κ2) is 10.1. The molecule has 9 heteroatoms. The minimum absolute atomic E-state index is 0.230. The van der Waals surface area contributed by atoms with E-state index in [1.807, 2.05) is 12.1 Å². The van der Waals surface area contributed by atoms with Crippen LogP contribution in [0.3, 0.4) is 0 Å². The maximum atomic E-state index is 12.3. The molecule has 1 saturated heterocycles. The molecule has 0 bridgehead atoms. The molecule has 1 amide bonds. The second-order valence-electron chi connectivity index (χ2n) is 6.91. The lowest BCUT2D eigenvalue weighted by Crippen LogP contribution is -2.19. The van der Waals surface area contributed by atoms with Crippen molar-refractivity contribution in [2.24, 2.45) is 4.99 Å². The Morgan fingerprint density at radius 3 is 2.48 bits per heavy atom. The van der Waals surface area contributed by atoms with Gasteiger partial charge in [0.1, 0.15) is 12.4 Å². The zero-order valence-electron chi connectivity index (χ0n) is 16.9. The molecule has 1 fully saturated rings. The van der Waals surface area contributed by atoms with Gasteiger partial charge in [0, 0.05) is 0 Å². The minimum Gasteiger partial charge on any atom is -0.489 e. The highest BCUT2D eigenvalue weighted by molar-refractivity contribution is 8.18. The first kappa shape index (κ1) is 22.9. The van der Waals surface area contributed by atoms with Gasteiger partial charge in [-0.15, -0.1) is 0 Å². The van der Waals surface area contributed by atoms with Crippen molar-refractivity contribution in [2.75, 3.05) is 0 Å². The van der Waals surface area contributed by atoms with Gasteiger partial charge in [0.05, 0.1) is 26.2 Å². The lowest BCUT2D eigenvalue weighted by Gasteiger charge is -2.07.